The van der Waals surface area contributed by atoms with E-state index in [0.29, 0.717) is 13.2 Å². The van der Waals surface area contributed by atoms with Crippen molar-refractivity contribution in [1.82, 2.24) is 15.6 Å². The molecule has 0 aliphatic carbocycles. The lowest BCUT2D eigenvalue weighted by molar-refractivity contribution is -0.122. The van der Waals surface area contributed by atoms with Gasteiger partial charge in [0.1, 0.15) is 5.01 Å². The van der Waals surface area contributed by atoms with Gasteiger partial charge in [-0.05, 0) is 27.2 Å². The van der Waals surface area contributed by atoms with Gasteiger partial charge in [0.05, 0.1) is 12.1 Å². The Kier molecular flexibility index (Phi) is 6.97. The Bertz CT molecular complexity index is 395. The van der Waals surface area contributed by atoms with Crippen molar-refractivity contribution in [3.05, 3.63) is 16.1 Å². The van der Waals surface area contributed by atoms with Gasteiger partial charge in [-0.25, -0.2) is 4.98 Å². The van der Waals surface area contributed by atoms with Gasteiger partial charge in [-0.1, -0.05) is 0 Å². The van der Waals surface area contributed by atoms with Crippen molar-refractivity contribution in [3.8, 4) is 0 Å². The highest BCUT2D eigenvalue weighted by Gasteiger charge is 2.17. The maximum Gasteiger partial charge on any atom is 0.236 e. The average molecular weight is 285 g/mol. The first-order valence-corrected chi connectivity index (χ1v) is 7.37. The molecule has 5 nitrogen and oxygen atoms in total. The second-order valence-corrected chi connectivity index (χ2v) is 5.46. The van der Waals surface area contributed by atoms with Crippen LogP contribution in [0.1, 0.15) is 37.0 Å². The van der Waals surface area contributed by atoms with E-state index in [0.717, 1.165) is 17.1 Å². The predicted molar refractivity (Wildman–Crippen MR) is 77.4 cm³/mol. The summed E-state index contributed by atoms with van der Waals surface area (Å²) in [4.78, 5) is 16.3. The number of hydrogen-bond donors (Lipinski definition) is 2. The Morgan fingerprint density at radius 3 is 2.84 bits per heavy atom. The molecule has 2 unspecified atom stereocenters. The lowest BCUT2D eigenvalue weighted by atomic mass is 10.2. The van der Waals surface area contributed by atoms with E-state index < -0.39 is 0 Å². The van der Waals surface area contributed by atoms with E-state index >= 15 is 0 Å². The summed E-state index contributed by atoms with van der Waals surface area (Å²) in [6.07, 6.45) is 0.830. The lowest BCUT2D eigenvalue weighted by Crippen LogP contribution is -2.43. The lowest BCUT2D eigenvalue weighted by Gasteiger charge is -2.18. The number of ether oxygens (including phenoxy) is 1. The van der Waals surface area contributed by atoms with Gasteiger partial charge in [0, 0.05) is 31.3 Å². The zero-order valence-corrected chi connectivity index (χ0v) is 12.8. The van der Waals surface area contributed by atoms with Gasteiger partial charge in [-0.3, -0.25) is 10.1 Å². The van der Waals surface area contributed by atoms with Crippen LogP contribution in [0.25, 0.3) is 0 Å². The first kappa shape index (κ1) is 16.1. The van der Waals surface area contributed by atoms with Crippen molar-refractivity contribution in [3.63, 3.8) is 0 Å². The van der Waals surface area contributed by atoms with E-state index in [1.54, 1.807) is 18.4 Å². The van der Waals surface area contributed by atoms with Gasteiger partial charge in [0.25, 0.3) is 0 Å². The highest BCUT2D eigenvalue weighted by Crippen LogP contribution is 2.17. The van der Waals surface area contributed by atoms with E-state index in [4.69, 9.17) is 4.74 Å². The Morgan fingerprint density at radius 2 is 2.26 bits per heavy atom. The third kappa shape index (κ3) is 5.67. The number of thiazole rings is 1. The Balaban J connectivity index is 2.33. The summed E-state index contributed by atoms with van der Waals surface area (Å²) >= 11 is 1.61. The van der Waals surface area contributed by atoms with E-state index in [1.165, 1.54) is 0 Å². The SMILES string of the molecule is COCCCNC(=O)C(C)NC(C)c1nc(C)cs1. The Hall–Kier alpha value is -0.980. The number of carbonyl (C=O) groups is 1. The minimum absolute atomic E-state index is 0.0104. The number of rotatable bonds is 8. The maximum atomic E-state index is 11.8. The molecule has 0 radical (unpaired) electrons. The Morgan fingerprint density at radius 1 is 1.53 bits per heavy atom. The molecule has 2 N–H and O–H groups in total. The molecule has 19 heavy (non-hydrogen) atoms. The minimum atomic E-state index is -0.234. The van der Waals surface area contributed by atoms with E-state index in [2.05, 4.69) is 15.6 Å². The van der Waals surface area contributed by atoms with E-state index in [1.807, 2.05) is 26.2 Å². The monoisotopic (exact) mass is 285 g/mol. The zero-order valence-electron chi connectivity index (χ0n) is 12.0. The number of nitrogens with zero attached hydrogens (tertiary/aromatic N) is 1. The molecule has 1 aromatic heterocycles. The molecule has 2 atom stereocenters. The van der Waals surface area contributed by atoms with Gasteiger partial charge >= 0.3 is 0 Å². The van der Waals surface area contributed by atoms with Crippen LogP contribution in [0.4, 0.5) is 0 Å². The van der Waals surface area contributed by atoms with Crippen LogP contribution in [0.3, 0.4) is 0 Å². The second-order valence-electron chi connectivity index (χ2n) is 4.57. The molecular weight excluding hydrogens is 262 g/mol. The van der Waals surface area contributed by atoms with Gasteiger partial charge in [-0.15, -0.1) is 11.3 Å². The molecule has 0 spiro atoms. The molecule has 0 aliphatic heterocycles. The molecule has 0 fully saturated rings. The van der Waals surface area contributed by atoms with Crippen LogP contribution < -0.4 is 10.6 Å². The fourth-order valence-electron chi connectivity index (χ4n) is 1.67. The fraction of sp³-hybridized carbons (Fsp3) is 0.692. The third-order valence-electron chi connectivity index (χ3n) is 2.72. The molecule has 1 aromatic rings. The second kappa shape index (κ2) is 8.24. The highest BCUT2D eigenvalue weighted by atomic mass is 32.1. The van der Waals surface area contributed by atoms with Crippen LogP contribution in [-0.4, -0.2) is 37.2 Å². The molecule has 0 saturated carbocycles. The molecule has 108 valence electrons. The normalized spacial score (nSPS) is 14.1. The summed E-state index contributed by atoms with van der Waals surface area (Å²) < 4.78 is 4.94. The smallest absolute Gasteiger partial charge is 0.236 e. The van der Waals surface area contributed by atoms with Gasteiger partial charge in [-0.2, -0.15) is 0 Å². The van der Waals surface area contributed by atoms with Crippen LogP contribution in [0.2, 0.25) is 0 Å². The van der Waals surface area contributed by atoms with Gasteiger partial charge in [0.15, 0.2) is 0 Å². The molecule has 0 saturated heterocycles. The van der Waals surface area contributed by atoms with Crippen LogP contribution in [0.15, 0.2) is 5.38 Å². The maximum absolute atomic E-state index is 11.8. The van der Waals surface area contributed by atoms with Gasteiger partial charge < -0.3 is 10.1 Å². The topological polar surface area (TPSA) is 63.2 Å². The van der Waals surface area contributed by atoms with Crippen molar-refractivity contribution in [2.75, 3.05) is 20.3 Å². The summed E-state index contributed by atoms with van der Waals surface area (Å²) in [6.45, 7) is 7.16. The third-order valence-corrected chi connectivity index (χ3v) is 3.87. The van der Waals surface area contributed by atoms with Gasteiger partial charge in [0.2, 0.25) is 5.91 Å². The average Bonchev–Trinajstić information content (AvgIpc) is 2.81. The van der Waals surface area contributed by atoms with Crippen molar-refractivity contribution in [2.24, 2.45) is 0 Å². The summed E-state index contributed by atoms with van der Waals surface area (Å²) in [5.74, 6) is 0.0104. The summed E-state index contributed by atoms with van der Waals surface area (Å²) in [5.41, 5.74) is 1.02. The van der Waals surface area contributed by atoms with E-state index in [9.17, 15) is 4.79 Å². The van der Waals surface area contributed by atoms with Crippen molar-refractivity contribution in [1.29, 1.82) is 0 Å². The number of hydrogen-bond acceptors (Lipinski definition) is 5. The quantitative estimate of drug-likeness (QED) is 0.713. The summed E-state index contributed by atoms with van der Waals surface area (Å²) in [5, 5.41) is 9.16. The molecule has 1 heterocycles. The number of carbonyl (C=O) groups excluding carboxylic acids is 1. The van der Waals surface area contributed by atoms with Crippen molar-refractivity contribution in [2.45, 2.75) is 39.3 Å². The largest absolute Gasteiger partial charge is 0.385 e. The molecule has 0 bridgehead atoms. The van der Waals surface area contributed by atoms with E-state index in [-0.39, 0.29) is 18.0 Å². The number of amides is 1. The predicted octanol–water partition coefficient (Wildman–Crippen LogP) is 1.64. The van der Waals surface area contributed by atoms with Crippen molar-refractivity contribution >= 4 is 17.2 Å². The van der Waals surface area contributed by atoms with Crippen LogP contribution in [0.5, 0.6) is 0 Å². The van der Waals surface area contributed by atoms with Crippen LogP contribution in [0, 0.1) is 6.92 Å². The number of aryl methyl sites for hydroxylation is 1. The van der Waals surface area contributed by atoms with Crippen molar-refractivity contribution < 1.29 is 9.53 Å². The number of nitrogens with one attached hydrogen (secondary N) is 2. The molecule has 0 aliphatic rings. The molecule has 0 aromatic carbocycles. The van der Waals surface area contributed by atoms with Crippen LogP contribution in [-0.2, 0) is 9.53 Å². The standard InChI is InChI=1S/C13H23N3O2S/c1-9-8-19-13(15-9)11(3)16-10(2)12(17)14-6-5-7-18-4/h8,10-11,16H,5-7H2,1-4H3,(H,14,17). The summed E-state index contributed by atoms with van der Waals surface area (Å²) in [7, 11) is 1.66. The fourth-order valence-corrected chi connectivity index (χ4v) is 2.49. The minimum Gasteiger partial charge on any atom is -0.385 e. The number of methoxy groups -OCH3 is 1. The first-order valence-electron chi connectivity index (χ1n) is 6.49. The first-order chi connectivity index (χ1) is 9.04. The number of aromatic nitrogens is 1. The summed E-state index contributed by atoms with van der Waals surface area (Å²) in [6, 6.07) is -0.153. The highest BCUT2D eigenvalue weighted by molar-refractivity contribution is 7.09. The van der Waals surface area contributed by atoms with Crippen LogP contribution >= 0.6 is 11.3 Å². The Labute approximate surface area is 118 Å². The molecular formula is C13H23N3O2S. The molecule has 1 rings (SSSR count). The molecule has 6 heteroatoms. The molecule has 1 amide bonds. The zero-order chi connectivity index (χ0) is 14.3.